The second kappa shape index (κ2) is 5.95. The number of amides is 1. The largest absolute Gasteiger partial charge is 0.506 e. The fraction of sp³-hybridized carbons (Fsp3) is 0.0714. The van der Waals surface area contributed by atoms with Crippen LogP contribution in [0.4, 0.5) is 5.69 Å². The van der Waals surface area contributed by atoms with Crippen molar-refractivity contribution >= 4 is 34.8 Å². The van der Waals surface area contributed by atoms with Crippen molar-refractivity contribution in [2.45, 2.75) is 5.88 Å². The molecule has 0 saturated carbocycles. The molecule has 2 N–H and O–H groups in total. The Morgan fingerprint density at radius 2 is 1.95 bits per heavy atom. The number of nitrogens with one attached hydrogen (secondary N) is 1. The van der Waals surface area contributed by atoms with Gasteiger partial charge >= 0.3 is 0 Å². The van der Waals surface area contributed by atoms with E-state index in [1.165, 1.54) is 12.1 Å². The van der Waals surface area contributed by atoms with Gasteiger partial charge in [-0.05, 0) is 29.8 Å². The third-order valence-corrected chi connectivity index (χ3v) is 3.14. The Bertz CT molecular complexity index is 614. The summed E-state index contributed by atoms with van der Waals surface area (Å²) in [5, 5.41) is 12.7. The van der Waals surface area contributed by atoms with Crippen LogP contribution in [0.1, 0.15) is 15.9 Å². The Labute approximate surface area is 120 Å². The first-order chi connectivity index (χ1) is 9.11. The summed E-state index contributed by atoms with van der Waals surface area (Å²) in [4.78, 5) is 12.1. The lowest BCUT2D eigenvalue weighted by molar-refractivity contribution is 0.102. The molecule has 2 aromatic rings. The number of phenolic OH excluding ortho intramolecular Hbond substituents is 1. The number of anilines is 1. The zero-order chi connectivity index (χ0) is 13.8. The molecular weight excluding hydrogens is 285 g/mol. The molecule has 0 aliphatic carbocycles. The van der Waals surface area contributed by atoms with Crippen LogP contribution in [0.5, 0.6) is 5.75 Å². The van der Waals surface area contributed by atoms with E-state index in [4.69, 9.17) is 23.2 Å². The lowest BCUT2D eigenvalue weighted by Gasteiger charge is -2.10. The summed E-state index contributed by atoms with van der Waals surface area (Å²) in [6.07, 6.45) is 0. The summed E-state index contributed by atoms with van der Waals surface area (Å²) in [5.41, 5.74) is 1.46. The minimum absolute atomic E-state index is 0.0406. The third kappa shape index (κ3) is 3.19. The molecule has 0 heterocycles. The van der Waals surface area contributed by atoms with E-state index in [-0.39, 0.29) is 23.2 Å². The molecule has 0 aliphatic rings. The minimum Gasteiger partial charge on any atom is -0.506 e. The summed E-state index contributed by atoms with van der Waals surface area (Å²) in [6.45, 7) is 0. The SMILES string of the molecule is O=C(Nc1cc(Cl)ccc1O)c1ccccc1CCl. The maximum Gasteiger partial charge on any atom is 0.256 e. The van der Waals surface area contributed by atoms with Crippen LogP contribution in [-0.2, 0) is 5.88 Å². The van der Waals surface area contributed by atoms with Crippen molar-refractivity contribution < 1.29 is 9.90 Å². The maximum absolute atomic E-state index is 12.1. The highest BCUT2D eigenvalue weighted by molar-refractivity contribution is 6.31. The molecule has 2 aromatic carbocycles. The van der Waals surface area contributed by atoms with Gasteiger partial charge in [0.15, 0.2) is 0 Å². The molecule has 3 nitrogen and oxygen atoms in total. The van der Waals surface area contributed by atoms with Gasteiger partial charge in [-0.2, -0.15) is 0 Å². The predicted molar refractivity (Wildman–Crippen MR) is 77.1 cm³/mol. The molecule has 0 aliphatic heterocycles. The molecule has 0 saturated heterocycles. The van der Waals surface area contributed by atoms with Gasteiger partial charge in [0, 0.05) is 16.5 Å². The van der Waals surface area contributed by atoms with E-state index in [1.54, 1.807) is 24.3 Å². The molecule has 0 bridgehead atoms. The number of alkyl halides is 1. The van der Waals surface area contributed by atoms with Gasteiger partial charge in [0.05, 0.1) is 5.69 Å². The average Bonchev–Trinajstić information content (AvgIpc) is 2.42. The number of carbonyl (C=O) groups excluding carboxylic acids is 1. The first-order valence-electron chi connectivity index (χ1n) is 5.55. The lowest BCUT2D eigenvalue weighted by atomic mass is 10.1. The number of phenols is 1. The first-order valence-corrected chi connectivity index (χ1v) is 6.47. The summed E-state index contributed by atoms with van der Waals surface area (Å²) in [6, 6.07) is 11.5. The smallest absolute Gasteiger partial charge is 0.256 e. The number of benzene rings is 2. The normalized spacial score (nSPS) is 10.2. The standard InChI is InChI=1S/C14H11Cl2NO2/c15-8-9-3-1-2-4-11(9)14(19)17-12-7-10(16)5-6-13(12)18/h1-7,18H,8H2,(H,17,19). The van der Waals surface area contributed by atoms with Gasteiger partial charge in [-0.1, -0.05) is 29.8 Å². The zero-order valence-corrected chi connectivity index (χ0v) is 11.4. The van der Waals surface area contributed by atoms with Gasteiger partial charge in [0.1, 0.15) is 5.75 Å². The Morgan fingerprint density at radius 3 is 2.68 bits per heavy atom. The minimum atomic E-state index is -0.339. The second-order valence-electron chi connectivity index (χ2n) is 3.91. The predicted octanol–water partition coefficient (Wildman–Crippen LogP) is 4.04. The van der Waals surface area contributed by atoms with E-state index < -0.39 is 0 Å². The van der Waals surface area contributed by atoms with Gasteiger partial charge in [-0.3, -0.25) is 4.79 Å². The van der Waals surface area contributed by atoms with E-state index in [1.807, 2.05) is 6.07 Å². The third-order valence-electron chi connectivity index (χ3n) is 2.61. The Hall–Kier alpha value is -1.71. The number of rotatable bonds is 3. The Balaban J connectivity index is 2.28. The van der Waals surface area contributed by atoms with Gasteiger partial charge in [-0.25, -0.2) is 0 Å². The van der Waals surface area contributed by atoms with Crippen LogP contribution in [0.2, 0.25) is 5.02 Å². The van der Waals surface area contributed by atoms with Crippen molar-refractivity contribution in [1.29, 1.82) is 0 Å². The van der Waals surface area contributed by atoms with Gasteiger partial charge in [0.2, 0.25) is 0 Å². The summed E-state index contributed by atoms with van der Waals surface area (Å²) >= 11 is 11.6. The number of carbonyl (C=O) groups is 1. The molecular formula is C14H11Cl2NO2. The second-order valence-corrected chi connectivity index (χ2v) is 4.61. The fourth-order valence-electron chi connectivity index (χ4n) is 1.66. The number of hydrogen-bond donors (Lipinski definition) is 2. The number of aromatic hydroxyl groups is 1. The zero-order valence-electron chi connectivity index (χ0n) is 9.86. The summed E-state index contributed by atoms with van der Waals surface area (Å²) < 4.78 is 0. The number of halogens is 2. The molecule has 0 atom stereocenters. The van der Waals surface area contributed by atoms with Crippen molar-refractivity contribution in [1.82, 2.24) is 0 Å². The van der Waals surface area contributed by atoms with E-state index in [0.29, 0.717) is 10.6 Å². The van der Waals surface area contributed by atoms with Crippen molar-refractivity contribution in [3.63, 3.8) is 0 Å². The summed E-state index contributed by atoms with van der Waals surface area (Å²) in [5.74, 6) is -0.139. The van der Waals surface area contributed by atoms with E-state index in [2.05, 4.69) is 5.32 Å². The van der Waals surface area contributed by atoms with E-state index in [9.17, 15) is 9.90 Å². The van der Waals surface area contributed by atoms with Crippen LogP contribution in [0.3, 0.4) is 0 Å². The Morgan fingerprint density at radius 1 is 1.21 bits per heavy atom. The van der Waals surface area contributed by atoms with Crippen LogP contribution in [0.25, 0.3) is 0 Å². The highest BCUT2D eigenvalue weighted by Crippen LogP contribution is 2.27. The Kier molecular flexibility index (Phi) is 4.30. The quantitative estimate of drug-likeness (QED) is 0.663. The average molecular weight is 296 g/mol. The first kappa shape index (κ1) is 13.7. The van der Waals surface area contributed by atoms with Crippen LogP contribution in [0.15, 0.2) is 42.5 Å². The van der Waals surface area contributed by atoms with Crippen LogP contribution in [-0.4, -0.2) is 11.0 Å². The lowest BCUT2D eigenvalue weighted by Crippen LogP contribution is -2.13. The van der Waals surface area contributed by atoms with Gasteiger partial charge < -0.3 is 10.4 Å². The molecule has 0 unspecified atom stereocenters. The van der Waals surface area contributed by atoms with Crippen molar-refractivity contribution in [3.8, 4) is 5.75 Å². The van der Waals surface area contributed by atoms with E-state index >= 15 is 0 Å². The highest BCUT2D eigenvalue weighted by atomic mass is 35.5. The van der Waals surface area contributed by atoms with Crippen molar-refractivity contribution in [2.24, 2.45) is 0 Å². The fourth-order valence-corrected chi connectivity index (χ4v) is 2.06. The maximum atomic E-state index is 12.1. The molecule has 1 amide bonds. The van der Waals surface area contributed by atoms with Crippen molar-refractivity contribution in [3.05, 3.63) is 58.6 Å². The molecule has 0 radical (unpaired) electrons. The molecule has 0 aromatic heterocycles. The highest BCUT2D eigenvalue weighted by Gasteiger charge is 2.12. The van der Waals surface area contributed by atoms with Gasteiger partial charge in [-0.15, -0.1) is 11.6 Å². The van der Waals surface area contributed by atoms with E-state index in [0.717, 1.165) is 5.56 Å². The number of hydrogen-bond acceptors (Lipinski definition) is 2. The van der Waals surface area contributed by atoms with Gasteiger partial charge in [0.25, 0.3) is 5.91 Å². The topological polar surface area (TPSA) is 49.3 Å². The molecule has 19 heavy (non-hydrogen) atoms. The molecule has 0 spiro atoms. The molecule has 2 rings (SSSR count). The van der Waals surface area contributed by atoms with Crippen molar-refractivity contribution in [2.75, 3.05) is 5.32 Å². The monoisotopic (exact) mass is 295 g/mol. The van der Waals surface area contributed by atoms with Crippen LogP contribution < -0.4 is 5.32 Å². The van der Waals surface area contributed by atoms with Crippen LogP contribution in [0, 0.1) is 0 Å². The summed E-state index contributed by atoms with van der Waals surface area (Å²) in [7, 11) is 0. The van der Waals surface area contributed by atoms with Crippen LogP contribution >= 0.6 is 23.2 Å². The molecule has 0 fully saturated rings. The molecule has 98 valence electrons. The molecule has 5 heteroatoms.